The highest BCUT2D eigenvalue weighted by Gasteiger charge is 2.10. The summed E-state index contributed by atoms with van der Waals surface area (Å²) in [6.07, 6.45) is 0. The Morgan fingerprint density at radius 3 is 2.04 bits per heavy atom. The summed E-state index contributed by atoms with van der Waals surface area (Å²) in [7, 11) is 0. The van der Waals surface area contributed by atoms with Gasteiger partial charge >= 0.3 is 5.97 Å². The van der Waals surface area contributed by atoms with Gasteiger partial charge in [0, 0.05) is 19.2 Å². The van der Waals surface area contributed by atoms with E-state index in [9.17, 15) is 4.79 Å². The number of hydrogen-bond acceptors (Lipinski definition) is 6. The fourth-order valence-electron chi connectivity index (χ4n) is 2.18. The van der Waals surface area contributed by atoms with Crippen LogP contribution in [0, 0.1) is 0 Å². The molecule has 0 aliphatic rings. The van der Waals surface area contributed by atoms with E-state index in [-0.39, 0.29) is 13.2 Å². The summed E-state index contributed by atoms with van der Waals surface area (Å²) in [5.74, 6) is -0.395. The van der Waals surface area contributed by atoms with Crippen LogP contribution in [0.1, 0.15) is 18.1 Å². The molecule has 3 N–H and O–H groups in total. The summed E-state index contributed by atoms with van der Waals surface area (Å²) in [6, 6.07) is 14.6. The van der Waals surface area contributed by atoms with Gasteiger partial charge in [0.25, 0.3) is 0 Å². The van der Waals surface area contributed by atoms with E-state index in [2.05, 4.69) is 5.32 Å². The molecule has 2 aromatic rings. The summed E-state index contributed by atoms with van der Waals surface area (Å²) < 4.78 is 0. The van der Waals surface area contributed by atoms with E-state index in [1.165, 1.54) is 12.0 Å². The summed E-state index contributed by atoms with van der Waals surface area (Å²) in [5.41, 5.74) is 3.31. The number of hydrogen-bond donors (Lipinski definition) is 3. The van der Waals surface area contributed by atoms with Gasteiger partial charge in [-0.2, -0.15) is 0 Å². The van der Waals surface area contributed by atoms with Crippen LogP contribution in [-0.4, -0.2) is 29.3 Å². The number of aliphatic hydroxyl groups excluding tert-OH is 2. The Morgan fingerprint density at radius 1 is 1.00 bits per heavy atom. The van der Waals surface area contributed by atoms with Gasteiger partial charge in [-0.05, 0) is 35.4 Å². The molecule has 0 spiro atoms. The predicted molar refractivity (Wildman–Crippen MR) is 92.3 cm³/mol. The molecule has 0 amide bonds. The average Bonchev–Trinajstić information content (AvgIpc) is 2.61. The molecule has 0 aromatic heterocycles. The lowest BCUT2D eigenvalue weighted by Gasteiger charge is -2.23. The first-order valence-electron chi connectivity index (χ1n) is 7.72. The first kappa shape index (κ1) is 17.8. The Kier molecular flexibility index (Phi) is 6.60. The van der Waals surface area contributed by atoms with E-state index in [0.29, 0.717) is 13.1 Å². The smallest absolute Gasteiger partial charge is 0.329 e. The number of carbonyl (C=O) groups excluding carboxylic acids is 1. The zero-order chi connectivity index (χ0) is 17.4. The molecule has 2 rings (SSSR count). The van der Waals surface area contributed by atoms with Gasteiger partial charge in [-0.15, -0.1) is 0 Å². The van der Waals surface area contributed by atoms with Gasteiger partial charge in [-0.3, -0.25) is 4.79 Å². The lowest BCUT2D eigenvalue weighted by atomic mass is 10.2. The van der Waals surface area contributed by atoms with Crippen molar-refractivity contribution in [2.24, 2.45) is 0 Å². The van der Waals surface area contributed by atoms with E-state index in [1.54, 1.807) is 24.3 Å². The highest BCUT2D eigenvalue weighted by Crippen LogP contribution is 2.16. The van der Waals surface area contributed by atoms with E-state index >= 15 is 0 Å². The highest BCUT2D eigenvalue weighted by atomic mass is 16.7. The van der Waals surface area contributed by atoms with Crippen LogP contribution < -0.4 is 10.4 Å². The van der Waals surface area contributed by atoms with Gasteiger partial charge in [-0.25, -0.2) is 5.06 Å². The molecular weight excluding hydrogens is 308 g/mol. The Balaban J connectivity index is 1.95. The monoisotopic (exact) mass is 330 g/mol. The van der Waals surface area contributed by atoms with Crippen molar-refractivity contribution < 1.29 is 19.8 Å². The number of aliphatic hydroxyl groups is 2. The average molecular weight is 330 g/mol. The fourth-order valence-corrected chi connectivity index (χ4v) is 2.18. The molecule has 24 heavy (non-hydrogen) atoms. The van der Waals surface area contributed by atoms with Gasteiger partial charge in [0.05, 0.1) is 25.4 Å². The third kappa shape index (κ3) is 5.26. The second kappa shape index (κ2) is 8.90. The second-order valence-corrected chi connectivity index (χ2v) is 5.29. The molecule has 0 heterocycles. The van der Waals surface area contributed by atoms with Crippen molar-refractivity contribution in [1.29, 1.82) is 0 Å². The van der Waals surface area contributed by atoms with E-state index < -0.39 is 5.97 Å². The van der Waals surface area contributed by atoms with Crippen molar-refractivity contribution in [1.82, 2.24) is 0 Å². The maximum absolute atomic E-state index is 11.3. The summed E-state index contributed by atoms with van der Waals surface area (Å²) >= 11 is 0. The Morgan fingerprint density at radius 2 is 1.54 bits per heavy atom. The molecule has 6 nitrogen and oxygen atoms in total. The Bertz CT molecular complexity index is 641. The fraction of sp³-hybridized carbons (Fsp3) is 0.278. The second-order valence-electron chi connectivity index (χ2n) is 5.29. The molecular formula is C18H22N2O4. The number of nitrogens with zero attached hydrogens (tertiary/aromatic N) is 1. The topological polar surface area (TPSA) is 82.0 Å². The molecule has 2 aromatic carbocycles. The standard InChI is InChI=1S/C18H22N2O4/c1-14(23)24-20(18-8-4-16(13-22)5-9-18)11-10-19-17-6-2-15(12-21)3-7-17/h2-9,19,21-22H,10-13H2,1H3. The molecule has 0 atom stereocenters. The number of hydroxylamine groups is 1. The van der Waals surface area contributed by atoms with Crippen LogP contribution in [0.15, 0.2) is 48.5 Å². The molecule has 0 bridgehead atoms. The molecule has 128 valence electrons. The van der Waals surface area contributed by atoms with E-state index in [1.807, 2.05) is 24.3 Å². The highest BCUT2D eigenvalue weighted by molar-refractivity contribution is 5.67. The number of rotatable bonds is 8. The van der Waals surface area contributed by atoms with Crippen LogP contribution in [0.25, 0.3) is 0 Å². The van der Waals surface area contributed by atoms with Crippen LogP contribution >= 0.6 is 0 Å². The Hall–Kier alpha value is -2.57. The maximum atomic E-state index is 11.3. The largest absolute Gasteiger partial charge is 0.392 e. The van der Waals surface area contributed by atoms with Crippen molar-refractivity contribution in [2.75, 3.05) is 23.5 Å². The van der Waals surface area contributed by atoms with Crippen molar-refractivity contribution >= 4 is 17.3 Å². The Labute approximate surface area is 141 Å². The minimum Gasteiger partial charge on any atom is -0.392 e. The molecule has 0 aliphatic heterocycles. The minimum atomic E-state index is -0.395. The zero-order valence-electron chi connectivity index (χ0n) is 13.6. The van der Waals surface area contributed by atoms with Crippen LogP contribution in [0.5, 0.6) is 0 Å². The SMILES string of the molecule is CC(=O)ON(CCNc1ccc(CO)cc1)c1ccc(CO)cc1. The van der Waals surface area contributed by atoms with Gasteiger partial charge < -0.3 is 20.4 Å². The van der Waals surface area contributed by atoms with Crippen LogP contribution in [0.2, 0.25) is 0 Å². The normalized spacial score (nSPS) is 10.3. The van der Waals surface area contributed by atoms with Gasteiger partial charge in [0.2, 0.25) is 0 Å². The van der Waals surface area contributed by atoms with Crippen molar-refractivity contribution in [3.05, 3.63) is 59.7 Å². The molecule has 0 fully saturated rings. The first-order valence-corrected chi connectivity index (χ1v) is 7.72. The van der Waals surface area contributed by atoms with Crippen molar-refractivity contribution in [3.63, 3.8) is 0 Å². The zero-order valence-corrected chi connectivity index (χ0v) is 13.6. The number of nitrogens with one attached hydrogen (secondary N) is 1. The molecule has 0 radical (unpaired) electrons. The molecule has 6 heteroatoms. The van der Waals surface area contributed by atoms with E-state index in [4.69, 9.17) is 15.1 Å². The van der Waals surface area contributed by atoms with Gasteiger partial charge in [0.1, 0.15) is 0 Å². The van der Waals surface area contributed by atoms with Gasteiger partial charge in [0.15, 0.2) is 0 Å². The minimum absolute atomic E-state index is 0.0182. The van der Waals surface area contributed by atoms with Crippen LogP contribution in [0.4, 0.5) is 11.4 Å². The van der Waals surface area contributed by atoms with E-state index in [0.717, 1.165) is 22.5 Å². The quantitative estimate of drug-likeness (QED) is 0.643. The summed E-state index contributed by atoms with van der Waals surface area (Å²) in [6.45, 7) is 2.37. The first-order chi connectivity index (χ1) is 11.6. The molecule has 0 unspecified atom stereocenters. The maximum Gasteiger partial charge on any atom is 0.329 e. The predicted octanol–water partition coefficient (Wildman–Crippen LogP) is 2.07. The lowest BCUT2D eigenvalue weighted by molar-refractivity contribution is -0.142. The van der Waals surface area contributed by atoms with Crippen LogP contribution in [-0.2, 0) is 22.8 Å². The number of carbonyl (C=O) groups is 1. The molecule has 0 saturated heterocycles. The van der Waals surface area contributed by atoms with Crippen LogP contribution in [0.3, 0.4) is 0 Å². The third-order valence-electron chi connectivity index (χ3n) is 3.43. The molecule has 0 saturated carbocycles. The number of anilines is 2. The molecule has 0 aliphatic carbocycles. The van der Waals surface area contributed by atoms with Crippen molar-refractivity contribution in [2.45, 2.75) is 20.1 Å². The summed E-state index contributed by atoms with van der Waals surface area (Å²) in [5, 5.41) is 22.9. The number of benzene rings is 2. The summed E-state index contributed by atoms with van der Waals surface area (Å²) in [4.78, 5) is 16.5. The van der Waals surface area contributed by atoms with Gasteiger partial charge in [-0.1, -0.05) is 24.3 Å². The third-order valence-corrected chi connectivity index (χ3v) is 3.43. The van der Waals surface area contributed by atoms with Crippen molar-refractivity contribution in [3.8, 4) is 0 Å². The lowest BCUT2D eigenvalue weighted by Crippen LogP contribution is -2.31.